The highest BCUT2D eigenvalue weighted by Crippen LogP contribution is 2.32. The molecule has 0 atom stereocenters. The predicted molar refractivity (Wildman–Crippen MR) is 198 cm³/mol. The average Bonchev–Trinajstić information content (AvgIpc) is 3.70. The molecule has 8 aromatic rings. The molecule has 0 aliphatic heterocycles. The van der Waals surface area contributed by atoms with Gasteiger partial charge < -0.3 is 13.9 Å². The first-order valence-corrected chi connectivity index (χ1v) is 18.8. The fourth-order valence-corrected chi connectivity index (χ4v) is 10.3. The van der Waals surface area contributed by atoms with Gasteiger partial charge in [-0.3, -0.25) is 0 Å². The highest BCUT2D eigenvalue weighted by atomic mass is 28.3. The molecule has 230 valence electrons. The zero-order valence-corrected chi connectivity index (χ0v) is 27.7. The molecule has 0 radical (unpaired) electrons. The minimum Gasteiger partial charge on any atom is -0.507 e. The Morgan fingerprint density at radius 3 is 1.48 bits per heavy atom. The fourth-order valence-electron chi connectivity index (χ4n) is 6.50. The van der Waals surface area contributed by atoms with Gasteiger partial charge in [0.2, 0.25) is 0 Å². The van der Waals surface area contributed by atoms with Crippen molar-refractivity contribution in [2.24, 2.45) is 0 Å². The molecule has 0 saturated carbocycles. The Morgan fingerprint density at radius 1 is 0.457 bits per heavy atom. The van der Waals surface area contributed by atoms with Crippen molar-refractivity contribution < 1.29 is 13.9 Å². The number of fused-ring (bicyclic) bond motifs is 6. The number of furan rings is 2. The molecule has 0 fully saturated rings. The minimum atomic E-state index is -1.41. The Labute approximate surface area is 271 Å². The van der Waals surface area contributed by atoms with Gasteiger partial charge in [0.15, 0.2) is 0 Å². The third-order valence-corrected chi connectivity index (χ3v) is 14.9. The summed E-state index contributed by atoms with van der Waals surface area (Å²) in [6.45, 7) is 7.04. The van der Waals surface area contributed by atoms with Crippen LogP contribution in [0.15, 0.2) is 154 Å². The minimum absolute atomic E-state index is 0.328. The van der Waals surface area contributed by atoms with Crippen LogP contribution in [0.25, 0.3) is 55.0 Å². The molecule has 0 amide bonds. The van der Waals surface area contributed by atoms with Crippen molar-refractivity contribution in [3.8, 4) is 16.9 Å². The van der Waals surface area contributed by atoms with E-state index in [4.69, 9.17) is 8.83 Å². The standard InChI is InChI=1S/C18H22OSi.C12H8O.C12H10O/c1-4-20(5-2,6-3)17-13-9-11-15-14-10-7-8-12-16(14)19-18(15)17;1-3-7-11-9(5-1)10-6-2-4-8-12(10)13-11;13-12-9-5-4-8-11(12)10-6-2-1-3-7-10/h7-13H,4-6H2,1-3H3;1-8H;1-9,13H. The highest BCUT2D eigenvalue weighted by Gasteiger charge is 2.32. The van der Waals surface area contributed by atoms with E-state index >= 15 is 0 Å². The Kier molecular flexibility index (Phi) is 9.37. The summed E-state index contributed by atoms with van der Waals surface area (Å²) in [7, 11) is -1.41. The molecule has 0 bridgehead atoms. The number of benzene rings is 6. The lowest BCUT2D eigenvalue weighted by Gasteiger charge is -2.28. The first kappa shape index (κ1) is 30.9. The molecule has 0 spiro atoms. The molecule has 0 aliphatic rings. The monoisotopic (exact) mass is 620 g/mol. The summed E-state index contributed by atoms with van der Waals surface area (Å²) >= 11 is 0. The van der Waals surface area contributed by atoms with Crippen LogP contribution in [0.4, 0.5) is 0 Å². The van der Waals surface area contributed by atoms with Gasteiger partial charge >= 0.3 is 0 Å². The largest absolute Gasteiger partial charge is 0.507 e. The van der Waals surface area contributed by atoms with Gasteiger partial charge in [-0.05, 0) is 35.0 Å². The summed E-state index contributed by atoms with van der Waals surface area (Å²) in [5.74, 6) is 0.328. The van der Waals surface area contributed by atoms with Crippen molar-refractivity contribution in [2.45, 2.75) is 38.9 Å². The van der Waals surface area contributed by atoms with Gasteiger partial charge in [0.05, 0.1) is 8.07 Å². The number of rotatable bonds is 5. The van der Waals surface area contributed by atoms with Crippen LogP contribution in [-0.4, -0.2) is 13.2 Å². The maximum atomic E-state index is 9.56. The van der Waals surface area contributed by atoms with Gasteiger partial charge in [0, 0.05) is 27.1 Å². The summed E-state index contributed by atoms with van der Waals surface area (Å²) in [5.41, 5.74) is 6.00. The topological polar surface area (TPSA) is 46.5 Å². The highest BCUT2D eigenvalue weighted by molar-refractivity contribution is 6.93. The first-order valence-electron chi connectivity index (χ1n) is 16.2. The maximum absolute atomic E-state index is 9.56. The average molecular weight is 621 g/mol. The number of para-hydroxylation sites is 5. The first-order chi connectivity index (χ1) is 22.6. The lowest BCUT2D eigenvalue weighted by Crippen LogP contribution is -2.45. The number of aromatic hydroxyl groups is 1. The van der Waals surface area contributed by atoms with E-state index in [9.17, 15) is 5.11 Å². The second kappa shape index (κ2) is 13.9. The van der Waals surface area contributed by atoms with E-state index in [1.165, 1.54) is 44.9 Å². The van der Waals surface area contributed by atoms with Crippen LogP contribution in [0.1, 0.15) is 20.8 Å². The van der Waals surface area contributed by atoms with Crippen LogP contribution in [0.2, 0.25) is 18.1 Å². The zero-order valence-electron chi connectivity index (χ0n) is 26.7. The van der Waals surface area contributed by atoms with Crippen molar-refractivity contribution >= 4 is 57.1 Å². The Balaban J connectivity index is 0.000000126. The maximum Gasteiger partial charge on any atom is 0.135 e. The van der Waals surface area contributed by atoms with Gasteiger partial charge in [-0.1, -0.05) is 160 Å². The van der Waals surface area contributed by atoms with Crippen molar-refractivity contribution in [3.63, 3.8) is 0 Å². The number of phenolic OH excluding ortho intramolecular Hbond substituents is 1. The normalized spacial score (nSPS) is 11.3. The molecule has 0 unspecified atom stereocenters. The molecule has 46 heavy (non-hydrogen) atoms. The van der Waals surface area contributed by atoms with E-state index in [0.29, 0.717) is 5.75 Å². The zero-order chi connectivity index (χ0) is 31.9. The van der Waals surface area contributed by atoms with Crippen LogP contribution in [0, 0.1) is 0 Å². The third kappa shape index (κ3) is 6.09. The molecule has 2 aromatic heterocycles. The van der Waals surface area contributed by atoms with Gasteiger partial charge in [-0.15, -0.1) is 0 Å². The Bertz CT molecular complexity index is 2130. The Hall–Kier alpha value is -5.06. The van der Waals surface area contributed by atoms with Gasteiger partial charge in [0.25, 0.3) is 0 Å². The summed E-state index contributed by atoms with van der Waals surface area (Å²) in [4.78, 5) is 0. The van der Waals surface area contributed by atoms with Gasteiger partial charge in [-0.2, -0.15) is 0 Å². The Morgan fingerprint density at radius 2 is 0.913 bits per heavy atom. The van der Waals surface area contributed by atoms with Crippen LogP contribution in [0.3, 0.4) is 0 Å². The molecule has 0 saturated heterocycles. The predicted octanol–water partition coefficient (Wildman–Crippen LogP) is 11.9. The van der Waals surface area contributed by atoms with E-state index < -0.39 is 8.07 Å². The summed E-state index contributed by atoms with van der Waals surface area (Å²) < 4.78 is 11.9. The van der Waals surface area contributed by atoms with E-state index in [1.54, 1.807) is 6.07 Å². The van der Waals surface area contributed by atoms with Crippen molar-refractivity contribution in [3.05, 3.63) is 146 Å². The van der Waals surface area contributed by atoms with Crippen molar-refractivity contribution in [1.29, 1.82) is 0 Å². The quantitative estimate of drug-likeness (QED) is 0.195. The van der Waals surface area contributed by atoms with E-state index in [-0.39, 0.29) is 0 Å². The number of hydrogen-bond donors (Lipinski definition) is 1. The molecule has 0 aliphatic carbocycles. The number of phenols is 1. The lowest BCUT2D eigenvalue weighted by atomic mass is 10.1. The molecule has 2 heterocycles. The second-order valence-corrected chi connectivity index (χ2v) is 16.8. The second-order valence-electron chi connectivity index (χ2n) is 11.6. The molecule has 1 N–H and O–H groups in total. The SMILES string of the molecule is CC[Si](CC)(CC)c1cccc2c1oc1ccccc12.Oc1ccccc1-c1ccccc1.c1ccc2c(c1)oc1ccccc12. The van der Waals surface area contributed by atoms with Crippen LogP contribution < -0.4 is 5.19 Å². The lowest BCUT2D eigenvalue weighted by molar-refractivity contribution is 0.477. The van der Waals surface area contributed by atoms with E-state index in [0.717, 1.165) is 33.5 Å². The van der Waals surface area contributed by atoms with Crippen molar-refractivity contribution in [1.82, 2.24) is 0 Å². The molecule has 4 heteroatoms. The van der Waals surface area contributed by atoms with Gasteiger partial charge in [-0.25, -0.2) is 0 Å². The summed E-state index contributed by atoms with van der Waals surface area (Å²) in [5, 5.41) is 16.0. The van der Waals surface area contributed by atoms with E-state index in [1.807, 2.05) is 84.9 Å². The molecule has 6 aromatic carbocycles. The summed E-state index contributed by atoms with van der Waals surface area (Å²) in [6.07, 6.45) is 0. The van der Waals surface area contributed by atoms with Crippen LogP contribution in [-0.2, 0) is 0 Å². The summed E-state index contributed by atoms with van der Waals surface area (Å²) in [6, 6.07) is 52.4. The molecule has 3 nitrogen and oxygen atoms in total. The van der Waals surface area contributed by atoms with Crippen LogP contribution in [0.5, 0.6) is 5.75 Å². The number of hydrogen-bond acceptors (Lipinski definition) is 3. The molecule has 8 rings (SSSR count). The smallest absolute Gasteiger partial charge is 0.135 e. The van der Waals surface area contributed by atoms with Crippen molar-refractivity contribution in [2.75, 3.05) is 0 Å². The fraction of sp³-hybridized carbons (Fsp3) is 0.143. The van der Waals surface area contributed by atoms with E-state index in [2.05, 4.69) is 75.4 Å². The molecular formula is C42H40O3Si. The van der Waals surface area contributed by atoms with Crippen LogP contribution >= 0.6 is 0 Å². The third-order valence-electron chi connectivity index (χ3n) is 9.28. The van der Waals surface area contributed by atoms with Gasteiger partial charge in [0.1, 0.15) is 28.1 Å². The molecular weight excluding hydrogens is 581 g/mol.